The number of carbonyl (C=O) groups is 3. The lowest BCUT2D eigenvalue weighted by atomic mass is 10.2. The minimum Gasteiger partial charge on any atom is -0.354 e. The van der Waals surface area contributed by atoms with Crippen molar-refractivity contribution >= 4 is 23.8 Å². The summed E-state index contributed by atoms with van der Waals surface area (Å²) < 4.78 is 0. The summed E-state index contributed by atoms with van der Waals surface area (Å²) in [6, 6.07) is 18.2. The molecule has 3 amide bonds. The number of rotatable bonds is 8. The molecule has 0 aromatic heterocycles. The zero-order valence-electron chi connectivity index (χ0n) is 16.9. The summed E-state index contributed by atoms with van der Waals surface area (Å²) >= 11 is 0. The summed E-state index contributed by atoms with van der Waals surface area (Å²) in [5.41, 5.74) is 1.56. The van der Waals surface area contributed by atoms with E-state index in [0.717, 1.165) is 12.0 Å². The summed E-state index contributed by atoms with van der Waals surface area (Å²) in [7, 11) is 0. The van der Waals surface area contributed by atoms with Crippen molar-refractivity contribution in [3.05, 3.63) is 77.9 Å². The number of carbonyl (C=O) groups excluding carboxylic acids is 3. The zero-order valence-corrected chi connectivity index (χ0v) is 16.9. The van der Waals surface area contributed by atoms with Gasteiger partial charge < -0.3 is 15.5 Å². The lowest BCUT2D eigenvalue weighted by Gasteiger charge is -2.22. The summed E-state index contributed by atoms with van der Waals surface area (Å²) in [6.07, 6.45) is 5.40. The van der Waals surface area contributed by atoms with Crippen LogP contribution in [0.4, 0.5) is 0 Å². The third kappa shape index (κ3) is 6.04. The van der Waals surface area contributed by atoms with E-state index < -0.39 is 6.04 Å². The van der Waals surface area contributed by atoms with Crippen LogP contribution in [0.5, 0.6) is 0 Å². The van der Waals surface area contributed by atoms with E-state index in [4.69, 9.17) is 0 Å². The maximum Gasteiger partial charge on any atom is 0.251 e. The standard InChI is InChI=1S/C24H27N3O3/c28-22(15-14-19-9-3-1-4-10-19)27-18-7-13-21(27)24(30)26-17-8-16-25-23(29)20-11-5-2-6-12-20/h1-6,9-12,14-15,21H,7-8,13,16-18H2,(H,25,29)(H,26,30)/b15-14+/t21-/m1/s1. The van der Waals surface area contributed by atoms with Crippen LogP contribution in [0.25, 0.3) is 6.08 Å². The number of amides is 3. The molecule has 1 aliphatic rings. The van der Waals surface area contributed by atoms with Crippen molar-refractivity contribution in [1.82, 2.24) is 15.5 Å². The molecule has 6 heteroatoms. The van der Waals surface area contributed by atoms with Crippen LogP contribution >= 0.6 is 0 Å². The molecule has 1 fully saturated rings. The Bertz CT molecular complexity index is 881. The molecule has 1 atom stereocenters. The predicted octanol–water partition coefficient (Wildman–Crippen LogP) is 2.63. The topological polar surface area (TPSA) is 78.5 Å². The van der Waals surface area contributed by atoms with Gasteiger partial charge in [-0.3, -0.25) is 14.4 Å². The largest absolute Gasteiger partial charge is 0.354 e. The normalized spacial score (nSPS) is 15.9. The third-order valence-corrected chi connectivity index (χ3v) is 5.03. The summed E-state index contributed by atoms with van der Waals surface area (Å²) in [5, 5.41) is 5.73. The zero-order chi connectivity index (χ0) is 21.2. The van der Waals surface area contributed by atoms with E-state index in [9.17, 15) is 14.4 Å². The molecule has 0 bridgehead atoms. The van der Waals surface area contributed by atoms with Gasteiger partial charge in [0.25, 0.3) is 5.91 Å². The molecule has 3 rings (SSSR count). The van der Waals surface area contributed by atoms with Crippen molar-refractivity contribution in [3.8, 4) is 0 Å². The molecule has 6 nitrogen and oxygen atoms in total. The van der Waals surface area contributed by atoms with Crippen molar-refractivity contribution in [2.45, 2.75) is 25.3 Å². The Labute approximate surface area is 177 Å². The van der Waals surface area contributed by atoms with Crippen molar-refractivity contribution in [1.29, 1.82) is 0 Å². The van der Waals surface area contributed by atoms with Gasteiger partial charge >= 0.3 is 0 Å². The Hall–Kier alpha value is -3.41. The summed E-state index contributed by atoms with van der Waals surface area (Å²) in [6.45, 7) is 1.51. The van der Waals surface area contributed by atoms with Crippen LogP contribution in [-0.4, -0.2) is 48.3 Å². The number of nitrogens with zero attached hydrogens (tertiary/aromatic N) is 1. The molecule has 2 aromatic carbocycles. The first-order valence-corrected chi connectivity index (χ1v) is 10.3. The SMILES string of the molecule is O=C(NCCCNC(=O)[C@H]1CCCN1C(=O)/C=C/c1ccccc1)c1ccccc1. The van der Waals surface area contributed by atoms with E-state index in [1.165, 1.54) is 6.08 Å². The highest BCUT2D eigenvalue weighted by atomic mass is 16.2. The molecule has 0 spiro atoms. The Morgan fingerprint density at radius 3 is 2.33 bits per heavy atom. The van der Waals surface area contributed by atoms with Gasteiger partial charge in [-0.25, -0.2) is 0 Å². The molecule has 1 heterocycles. The highest BCUT2D eigenvalue weighted by molar-refractivity contribution is 5.96. The van der Waals surface area contributed by atoms with Gasteiger partial charge in [0.2, 0.25) is 11.8 Å². The van der Waals surface area contributed by atoms with Crippen LogP contribution in [0.3, 0.4) is 0 Å². The van der Waals surface area contributed by atoms with Crippen molar-refractivity contribution < 1.29 is 14.4 Å². The Morgan fingerprint density at radius 2 is 1.60 bits per heavy atom. The highest BCUT2D eigenvalue weighted by Gasteiger charge is 2.32. The van der Waals surface area contributed by atoms with Gasteiger partial charge in [-0.05, 0) is 43.0 Å². The van der Waals surface area contributed by atoms with E-state index in [1.807, 2.05) is 48.5 Å². The molecule has 156 valence electrons. The van der Waals surface area contributed by atoms with E-state index in [-0.39, 0.29) is 17.7 Å². The van der Waals surface area contributed by atoms with E-state index in [1.54, 1.807) is 23.1 Å². The molecule has 0 radical (unpaired) electrons. The van der Waals surface area contributed by atoms with Crippen LogP contribution in [0.2, 0.25) is 0 Å². The average molecular weight is 405 g/mol. The van der Waals surface area contributed by atoms with Gasteiger partial charge in [0.05, 0.1) is 0 Å². The number of hydrogen-bond acceptors (Lipinski definition) is 3. The molecule has 2 aromatic rings. The Kier molecular flexibility index (Phi) is 7.78. The number of nitrogens with one attached hydrogen (secondary N) is 2. The van der Waals surface area contributed by atoms with Crippen molar-refractivity contribution in [3.63, 3.8) is 0 Å². The number of hydrogen-bond donors (Lipinski definition) is 2. The van der Waals surface area contributed by atoms with E-state index in [2.05, 4.69) is 10.6 Å². The van der Waals surface area contributed by atoms with Gasteiger partial charge in [0.1, 0.15) is 6.04 Å². The molecule has 30 heavy (non-hydrogen) atoms. The molecule has 2 N–H and O–H groups in total. The van der Waals surface area contributed by atoms with Gasteiger partial charge in [0, 0.05) is 31.3 Å². The monoisotopic (exact) mass is 405 g/mol. The van der Waals surface area contributed by atoms with E-state index in [0.29, 0.717) is 38.0 Å². The molecule has 0 unspecified atom stereocenters. The van der Waals surface area contributed by atoms with Gasteiger partial charge in [-0.2, -0.15) is 0 Å². The van der Waals surface area contributed by atoms with Gasteiger partial charge in [0.15, 0.2) is 0 Å². The quantitative estimate of drug-likeness (QED) is 0.523. The van der Waals surface area contributed by atoms with Crippen LogP contribution in [0.15, 0.2) is 66.7 Å². The molecule has 1 saturated heterocycles. The van der Waals surface area contributed by atoms with Crippen molar-refractivity contribution in [2.24, 2.45) is 0 Å². The first-order chi connectivity index (χ1) is 14.6. The van der Waals surface area contributed by atoms with E-state index >= 15 is 0 Å². The van der Waals surface area contributed by atoms with Crippen LogP contribution in [0, 0.1) is 0 Å². The van der Waals surface area contributed by atoms with Crippen LogP contribution in [-0.2, 0) is 9.59 Å². The Balaban J connectivity index is 1.40. The minimum absolute atomic E-state index is 0.125. The molecular weight excluding hydrogens is 378 g/mol. The fourth-order valence-electron chi connectivity index (χ4n) is 3.44. The molecular formula is C24H27N3O3. The molecule has 1 aliphatic heterocycles. The van der Waals surface area contributed by atoms with Crippen molar-refractivity contribution in [2.75, 3.05) is 19.6 Å². The fourth-order valence-corrected chi connectivity index (χ4v) is 3.44. The fraction of sp³-hybridized carbons (Fsp3) is 0.292. The van der Waals surface area contributed by atoms with Gasteiger partial charge in [-0.15, -0.1) is 0 Å². The lowest BCUT2D eigenvalue weighted by molar-refractivity contribution is -0.135. The molecule has 0 aliphatic carbocycles. The second kappa shape index (κ2) is 11.0. The maximum absolute atomic E-state index is 12.5. The third-order valence-electron chi connectivity index (χ3n) is 5.03. The van der Waals surface area contributed by atoms with Crippen LogP contribution in [0.1, 0.15) is 35.2 Å². The van der Waals surface area contributed by atoms with Crippen LogP contribution < -0.4 is 10.6 Å². The van der Waals surface area contributed by atoms with Gasteiger partial charge in [-0.1, -0.05) is 48.5 Å². The highest BCUT2D eigenvalue weighted by Crippen LogP contribution is 2.18. The summed E-state index contributed by atoms with van der Waals surface area (Å²) in [4.78, 5) is 38.7. The average Bonchev–Trinajstić information content (AvgIpc) is 3.28. The second-order valence-corrected chi connectivity index (χ2v) is 7.20. The number of benzene rings is 2. The first kappa shape index (κ1) is 21.3. The maximum atomic E-state index is 12.5. The number of likely N-dealkylation sites (tertiary alicyclic amines) is 1. The lowest BCUT2D eigenvalue weighted by Crippen LogP contribution is -2.46. The molecule has 0 saturated carbocycles. The predicted molar refractivity (Wildman–Crippen MR) is 117 cm³/mol. The minimum atomic E-state index is -0.433. The smallest absolute Gasteiger partial charge is 0.251 e. The Morgan fingerprint density at radius 1 is 0.933 bits per heavy atom. The second-order valence-electron chi connectivity index (χ2n) is 7.20. The summed E-state index contributed by atoms with van der Waals surface area (Å²) in [5.74, 6) is -0.408. The first-order valence-electron chi connectivity index (χ1n) is 10.3.